The maximum absolute atomic E-state index is 13.6. The van der Waals surface area contributed by atoms with Crippen molar-refractivity contribution in [1.82, 2.24) is 10.2 Å². The predicted molar refractivity (Wildman–Crippen MR) is 94.4 cm³/mol. The molecule has 3 nitrogen and oxygen atoms in total. The Morgan fingerprint density at radius 2 is 2.00 bits per heavy atom. The van der Waals surface area contributed by atoms with Gasteiger partial charge < -0.3 is 5.32 Å². The van der Waals surface area contributed by atoms with Gasteiger partial charge in [0.15, 0.2) is 4.34 Å². The van der Waals surface area contributed by atoms with Crippen molar-refractivity contribution in [3.05, 3.63) is 71.0 Å². The summed E-state index contributed by atoms with van der Waals surface area (Å²) in [5.41, 5.74) is 3.15. The van der Waals surface area contributed by atoms with Crippen molar-refractivity contribution in [2.45, 2.75) is 23.6 Å². The minimum absolute atomic E-state index is 0.210. The molecule has 0 aliphatic heterocycles. The fourth-order valence-corrected chi connectivity index (χ4v) is 3.79. The third kappa shape index (κ3) is 4.53. The molecular weight excluding hydrogens is 329 g/mol. The highest BCUT2D eigenvalue weighted by Crippen LogP contribution is 2.28. The van der Waals surface area contributed by atoms with E-state index in [4.69, 9.17) is 0 Å². The van der Waals surface area contributed by atoms with E-state index in [1.165, 1.54) is 28.5 Å². The van der Waals surface area contributed by atoms with Crippen molar-refractivity contribution >= 4 is 28.2 Å². The summed E-state index contributed by atoms with van der Waals surface area (Å²) < 4.78 is 14.5. The highest BCUT2D eigenvalue weighted by Gasteiger charge is 2.06. The molecule has 0 spiro atoms. The average Bonchev–Trinajstić information content (AvgIpc) is 3.00. The van der Waals surface area contributed by atoms with Crippen LogP contribution in [0.15, 0.2) is 52.9 Å². The molecule has 0 amide bonds. The topological polar surface area (TPSA) is 37.8 Å². The van der Waals surface area contributed by atoms with Crippen molar-refractivity contribution < 1.29 is 4.39 Å². The second kappa shape index (κ2) is 7.57. The summed E-state index contributed by atoms with van der Waals surface area (Å²) in [4.78, 5) is 0. The number of thioether (sulfide) groups is 1. The molecule has 0 unspecified atom stereocenters. The number of aryl methyl sites for hydroxylation is 1. The van der Waals surface area contributed by atoms with Crippen LogP contribution in [0.2, 0.25) is 0 Å². The zero-order valence-corrected chi connectivity index (χ0v) is 14.3. The third-order valence-corrected chi connectivity index (χ3v) is 5.32. The molecule has 3 rings (SSSR count). The fraction of sp³-hybridized carbons (Fsp3) is 0.176. The van der Waals surface area contributed by atoms with E-state index in [0.29, 0.717) is 17.2 Å². The lowest BCUT2D eigenvalue weighted by atomic mass is 10.2. The number of hydrogen-bond donors (Lipinski definition) is 1. The van der Waals surface area contributed by atoms with Crippen LogP contribution in [0.5, 0.6) is 0 Å². The Balaban J connectivity index is 1.55. The maximum Gasteiger partial charge on any atom is 0.206 e. The van der Waals surface area contributed by atoms with Crippen molar-refractivity contribution in [2.75, 3.05) is 5.32 Å². The molecule has 0 bridgehead atoms. The molecule has 0 saturated heterocycles. The molecule has 0 saturated carbocycles. The second-order valence-corrected chi connectivity index (χ2v) is 7.30. The normalized spacial score (nSPS) is 10.7. The lowest BCUT2D eigenvalue weighted by molar-refractivity contribution is 0.613. The van der Waals surface area contributed by atoms with Gasteiger partial charge in [-0.15, -0.1) is 10.2 Å². The van der Waals surface area contributed by atoms with E-state index in [0.717, 1.165) is 10.1 Å². The van der Waals surface area contributed by atoms with Crippen LogP contribution in [0.4, 0.5) is 9.52 Å². The number of hydrogen-bond acceptors (Lipinski definition) is 5. The summed E-state index contributed by atoms with van der Waals surface area (Å²) in [6.07, 6.45) is 0. The third-order valence-electron chi connectivity index (χ3n) is 3.24. The van der Waals surface area contributed by atoms with Gasteiger partial charge in [0.2, 0.25) is 5.13 Å². The largest absolute Gasteiger partial charge is 0.356 e. The number of rotatable bonds is 6. The van der Waals surface area contributed by atoms with Gasteiger partial charge >= 0.3 is 0 Å². The number of halogens is 1. The molecule has 6 heteroatoms. The van der Waals surface area contributed by atoms with E-state index < -0.39 is 0 Å². The van der Waals surface area contributed by atoms with Crippen LogP contribution in [0.25, 0.3) is 0 Å². The minimum atomic E-state index is -0.210. The average molecular weight is 345 g/mol. The molecule has 1 N–H and O–H groups in total. The van der Waals surface area contributed by atoms with Gasteiger partial charge in [0.05, 0.1) is 0 Å². The van der Waals surface area contributed by atoms with E-state index in [1.807, 2.05) is 6.07 Å². The molecular formula is C17H16FN3S2. The van der Waals surface area contributed by atoms with Crippen LogP contribution < -0.4 is 5.32 Å². The zero-order valence-electron chi connectivity index (χ0n) is 12.6. The number of nitrogens with zero attached hydrogens (tertiary/aromatic N) is 2. The van der Waals surface area contributed by atoms with Crippen molar-refractivity contribution in [2.24, 2.45) is 0 Å². The quantitative estimate of drug-likeness (QED) is 0.646. The van der Waals surface area contributed by atoms with Crippen molar-refractivity contribution in [3.63, 3.8) is 0 Å². The van der Waals surface area contributed by atoms with E-state index in [2.05, 4.69) is 46.7 Å². The van der Waals surface area contributed by atoms with Gasteiger partial charge in [0.1, 0.15) is 5.82 Å². The number of nitrogens with one attached hydrogen (secondary N) is 1. The molecule has 0 radical (unpaired) electrons. The summed E-state index contributed by atoms with van der Waals surface area (Å²) >= 11 is 3.15. The Bertz CT molecular complexity index is 789. The van der Waals surface area contributed by atoms with Gasteiger partial charge in [-0.1, -0.05) is 71.1 Å². The molecule has 23 heavy (non-hydrogen) atoms. The molecule has 0 fully saturated rings. The van der Waals surface area contributed by atoms with E-state index in [9.17, 15) is 4.39 Å². The highest BCUT2D eigenvalue weighted by molar-refractivity contribution is 8.00. The first-order valence-electron chi connectivity index (χ1n) is 7.20. The lowest BCUT2D eigenvalue weighted by Gasteiger charge is -2.03. The van der Waals surface area contributed by atoms with Crippen LogP contribution in [0, 0.1) is 12.7 Å². The number of anilines is 1. The minimum Gasteiger partial charge on any atom is -0.356 e. The van der Waals surface area contributed by atoms with Gasteiger partial charge in [-0.05, 0) is 18.6 Å². The Hall–Kier alpha value is -1.92. The van der Waals surface area contributed by atoms with Gasteiger partial charge in [-0.2, -0.15) is 0 Å². The Morgan fingerprint density at radius 1 is 1.13 bits per heavy atom. The molecule has 0 aliphatic carbocycles. The van der Waals surface area contributed by atoms with Gasteiger partial charge in [-0.3, -0.25) is 0 Å². The van der Waals surface area contributed by atoms with Gasteiger partial charge in [-0.25, -0.2) is 4.39 Å². The summed E-state index contributed by atoms with van der Waals surface area (Å²) in [6.45, 7) is 2.49. The van der Waals surface area contributed by atoms with Crippen LogP contribution >= 0.6 is 23.1 Å². The summed E-state index contributed by atoms with van der Waals surface area (Å²) in [5, 5.41) is 12.1. The molecule has 0 atom stereocenters. The van der Waals surface area contributed by atoms with E-state index in [-0.39, 0.29) is 5.82 Å². The van der Waals surface area contributed by atoms with Crippen LogP contribution in [-0.4, -0.2) is 10.2 Å². The van der Waals surface area contributed by atoms with E-state index in [1.54, 1.807) is 23.9 Å². The summed E-state index contributed by atoms with van der Waals surface area (Å²) in [5.74, 6) is 0.655. The number of aromatic nitrogens is 2. The number of benzene rings is 2. The van der Waals surface area contributed by atoms with Gasteiger partial charge in [0.25, 0.3) is 0 Å². The lowest BCUT2D eigenvalue weighted by Crippen LogP contribution is -2.01. The second-order valence-electron chi connectivity index (χ2n) is 5.10. The van der Waals surface area contributed by atoms with Crippen molar-refractivity contribution in [1.29, 1.82) is 0 Å². The first-order chi connectivity index (χ1) is 11.2. The molecule has 3 aromatic rings. The standard InChI is InChI=1S/C17H16FN3S2/c1-12-5-4-6-13(9-12)11-22-17-21-20-16(23-17)19-10-14-7-2-3-8-15(14)18/h2-9H,10-11H2,1H3,(H,19,20). The van der Waals surface area contributed by atoms with Crippen LogP contribution in [0.1, 0.15) is 16.7 Å². The van der Waals surface area contributed by atoms with Crippen LogP contribution in [0.3, 0.4) is 0 Å². The molecule has 1 aromatic heterocycles. The van der Waals surface area contributed by atoms with Crippen molar-refractivity contribution in [3.8, 4) is 0 Å². The predicted octanol–water partition coefficient (Wildman–Crippen LogP) is 4.89. The first-order valence-corrected chi connectivity index (χ1v) is 9.00. The molecule has 2 aromatic carbocycles. The summed E-state index contributed by atoms with van der Waals surface area (Å²) in [7, 11) is 0. The molecule has 1 heterocycles. The Morgan fingerprint density at radius 3 is 2.83 bits per heavy atom. The summed E-state index contributed by atoms with van der Waals surface area (Å²) in [6, 6.07) is 15.2. The maximum atomic E-state index is 13.6. The van der Waals surface area contributed by atoms with Gasteiger partial charge in [0, 0.05) is 17.9 Å². The monoisotopic (exact) mass is 345 g/mol. The highest BCUT2D eigenvalue weighted by atomic mass is 32.2. The fourth-order valence-electron chi connectivity index (χ4n) is 2.10. The molecule has 118 valence electrons. The van der Waals surface area contributed by atoms with Crippen LogP contribution in [-0.2, 0) is 12.3 Å². The zero-order chi connectivity index (χ0) is 16.1. The Kier molecular flexibility index (Phi) is 5.25. The molecule has 0 aliphatic rings. The smallest absolute Gasteiger partial charge is 0.206 e. The first kappa shape index (κ1) is 16.0. The Labute approximate surface area is 143 Å². The SMILES string of the molecule is Cc1cccc(CSc2nnc(NCc3ccccc3F)s2)c1. The van der Waals surface area contributed by atoms with E-state index >= 15 is 0 Å².